The number of hydrogen-bond acceptors (Lipinski definition) is 2. The van der Waals surface area contributed by atoms with E-state index in [2.05, 4.69) is 12.3 Å². The number of hydrogen-bond donors (Lipinski definition) is 2. The van der Waals surface area contributed by atoms with Crippen LogP contribution in [0.5, 0.6) is 0 Å². The van der Waals surface area contributed by atoms with Crippen LogP contribution in [0.15, 0.2) is 12.4 Å². The SMILES string of the molecule is C=C([NH3+])N(C)CC(=O)O. The molecule has 0 heterocycles. The van der Waals surface area contributed by atoms with Gasteiger partial charge in [-0.1, -0.05) is 0 Å². The third-order valence-electron chi connectivity index (χ3n) is 0.912. The molecule has 0 saturated carbocycles. The maximum Gasteiger partial charge on any atom is 0.323 e. The number of carboxylic acid groups (broad SMARTS) is 1. The van der Waals surface area contributed by atoms with Crippen molar-refractivity contribution in [3.05, 3.63) is 12.4 Å². The van der Waals surface area contributed by atoms with Gasteiger partial charge in [0.15, 0.2) is 5.82 Å². The molecular weight excluding hydrogens is 120 g/mol. The fourth-order valence-corrected chi connectivity index (χ4v) is 0.315. The maximum absolute atomic E-state index is 10.0. The number of likely N-dealkylation sites (N-methyl/N-ethyl adjacent to an activating group) is 1. The van der Waals surface area contributed by atoms with Crippen molar-refractivity contribution < 1.29 is 15.6 Å². The minimum atomic E-state index is -0.873. The van der Waals surface area contributed by atoms with Crippen LogP contribution in [0.1, 0.15) is 0 Å². The van der Waals surface area contributed by atoms with Crippen molar-refractivity contribution in [1.82, 2.24) is 4.90 Å². The lowest BCUT2D eigenvalue weighted by atomic mass is 10.5. The summed E-state index contributed by atoms with van der Waals surface area (Å²) in [6.45, 7) is 3.42. The summed E-state index contributed by atoms with van der Waals surface area (Å²) in [7, 11) is 1.63. The molecule has 0 rings (SSSR count). The Kier molecular flexibility index (Phi) is 2.73. The zero-order chi connectivity index (χ0) is 7.44. The van der Waals surface area contributed by atoms with Crippen LogP contribution in [-0.2, 0) is 4.79 Å². The molecule has 0 atom stereocenters. The second kappa shape index (κ2) is 3.09. The molecule has 0 unspecified atom stereocenters. The molecule has 4 N–H and O–H groups in total. The summed E-state index contributed by atoms with van der Waals surface area (Å²) in [4.78, 5) is 11.5. The van der Waals surface area contributed by atoms with Gasteiger partial charge in [-0.3, -0.25) is 4.79 Å². The quantitative estimate of drug-likeness (QED) is 0.501. The number of carboxylic acids is 1. The Balaban J connectivity index is 3.63. The fraction of sp³-hybridized carbons (Fsp3) is 0.400. The van der Waals surface area contributed by atoms with Crippen molar-refractivity contribution in [2.75, 3.05) is 13.6 Å². The Morgan fingerprint density at radius 3 is 2.44 bits per heavy atom. The highest BCUT2D eigenvalue weighted by Crippen LogP contribution is 1.84. The molecule has 0 aromatic rings. The van der Waals surface area contributed by atoms with Gasteiger partial charge in [-0.2, -0.15) is 0 Å². The van der Waals surface area contributed by atoms with Crippen molar-refractivity contribution >= 4 is 5.97 Å². The minimum absolute atomic E-state index is 0.0394. The van der Waals surface area contributed by atoms with Crippen LogP contribution in [0.4, 0.5) is 0 Å². The standard InChI is InChI=1S/C5H10N2O2/c1-4(6)7(2)3-5(8)9/h1,3,6H2,2H3,(H,8,9)/p+1. The molecule has 0 aliphatic heterocycles. The molecule has 9 heavy (non-hydrogen) atoms. The Labute approximate surface area is 53.6 Å². The van der Waals surface area contributed by atoms with Gasteiger partial charge < -0.3 is 15.7 Å². The van der Waals surface area contributed by atoms with Crippen LogP contribution in [0.2, 0.25) is 0 Å². The number of rotatable bonds is 3. The summed E-state index contributed by atoms with van der Waals surface area (Å²) in [6, 6.07) is 0. The average Bonchev–Trinajstić information content (AvgIpc) is 1.63. The molecule has 0 saturated heterocycles. The van der Waals surface area contributed by atoms with Crippen LogP contribution in [0.3, 0.4) is 0 Å². The summed E-state index contributed by atoms with van der Waals surface area (Å²) in [5, 5.41) is 8.22. The van der Waals surface area contributed by atoms with Crippen LogP contribution in [0, 0.1) is 0 Å². The summed E-state index contributed by atoms with van der Waals surface area (Å²) >= 11 is 0. The largest absolute Gasteiger partial charge is 0.480 e. The number of nitrogens with zero attached hydrogens (tertiary/aromatic N) is 1. The zero-order valence-electron chi connectivity index (χ0n) is 5.42. The van der Waals surface area contributed by atoms with Crippen LogP contribution in [-0.4, -0.2) is 29.6 Å². The molecule has 0 amide bonds. The summed E-state index contributed by atoms with van der Waals surface area (Å²) in [5.41, 5.74) is 3.46. The molecule has 0 aliphatic rings. The molecule has 0 spiro atoms. The van der Waals surface area contributed by atoms with E-state index in [0.717, 1.165) is 0 Å². The molecular formula is C5H11N2O2+. The van der Waals surface area contributed by atoms with Gasteiger partial charge in [0.05, 0.1) is 0 Å². The fourth-order valence-electron chi connectivity index (χ4n) is 0.315. The molecule has 0 aliphatic carbocycles. The first kappa shape index (κ1) is 7.97. The highest BCUT2D eigenvalue weighted by Gasteiger charge is 2.04. The first-order valence-corrected chi connectivity index (χ1v) is 2.48. The molecule has 0 aromatic heterocycles. The van der Waals surface area contributed by atoms with Crippen molar-refractivity contribution in [1.29, 1.82) is 0 Å². The number of carbonyl (C=O) groups is 1. The second-order valence-corrected chi connectivity index (χ2v) is 1.82. The van der Waals surface area contributed by atoms with E-state index in [9.17, 15) is 4.79 Å². The molecule has 0 aromatic carbocycles. The molecule has 52 valence electrons. The highest BCUT2D eigenvalue weighted by molar-refractivity contribution is 5.69. The average molecular weight is 131 g/mol. The van der Waals surface area contributed by atoms with Gasteiger partial charge in [0.1, 0.15) is 6.54 Å². The van der Waals surface area contributed by atoms with E-state index in [1.807, 2.05) is 0 Å². The first-order chi connectivity index (χ1) is 4.04. The lowest BCUT2D eigenvalue weighted by Crippen LogP contribution is -2.54. The Morgan fingerprint density at radius 2 is 2.33 bits per heavy atom. The molecule has 0 bridgehead atoms. The lowest BCUT2D eigenvalue weighted by Gasteiger charge is -2.10. The number of aliphatic carboxylic acids is 1. The van der Waals surface area contributed by atoms with Crippen LogP contribution in [0.25, 0.3) is 0 Å². The maximum atomic E-state index is 10.0. The summed E-state index contributed by atoms with van der Waals surface area (Å²) < 4.78 is 0. The van der Waals surface area contributed by atoms with Gasteiger partial charge in [-0.15, -0.1) is 0 Å². The molecule has 4 nitrogen and oxygen atoms in total. The van der Waals surface area contributed by atoms with Gasteiger partial charge in [0, 0.05) is 7.05 Å². The van der Waals surface area contributed by atoms with Gasteiger partial charge in [0.2, 0.25) is 0 Å². The second-order valence-electron chi connectivity index (χ2n) is 1.82. The van der Waals surface area contributed by atoms with E-state index in [1.165, 1.54) is 4.90 Å². The van der Waals surface area contributed by atoms with Crippen molar-refractivity contribution in [3.63, 3.8) is 0 Å². The summed E-state index contributed by atoms with van der Waals surface area (Å²) in [5.74, 6) is -0.361. The molecule has 0 fully saturated rings. The normalized spacial score (nSPS) is 8.67. The van der Waals surface area contributed by atoms with E-state index in [-0.39, 0.29) is 6.54 Å². The highest BCUT2D eigenvalue weighted by atomic mass is 16.4. The van der Waals surface area contributed by atoms with Gasteiger partial charge in [0.25, 0.3) is 0 Å². The Morgan fingerprint density at radius 1 is 1.89 bits per heavy atom. The van der Waals surface area contributed by atoms with Crippen LogP contribution < -0.4 is 5.73 Å². The van der Waals surface area contributed by atoms with E-state index in [0.29, 0.717) is 5.82 Å². The minimum Gasteiger partial charge on any atom is -0.480 e. The van der Waals surface area contributed by atoms with Gasteiger partial charge >= 0.3 is 5.97 Å². The van der Waals surface area contributed by atoms with Gasteiger partial charge in [-0.05, 0) is 6.58 Å². The topological polar surface area (TPSA) is 68.2 Å². The summed E-state index contributed by atoms with van der Waals surface area (Å²) in [6.07, 6.45) is 0. The smallest absolute Gasteiger partial charge is 0.323 e. The third-order valence-corrected chi connectivity index (χ3v) is 0.912. The predicted octanol–water partition coefficient (Wildman–Crippen LogP) is -1.28. The number of quaternary nitrogens is 1. The van der Waals surface area contributed by atoms with E-state index < -0.39 is 5.97 Å². The zero-order valence-corrected chi connectivity index (χ0v) is 5.42. The molecule has 4 heteroatoms. The van der Waals surface area contributed by atoms with Crippen molar-refractivity contribution in [3.8, 4) is 0 Å². The lowest BCUT2D eigenvalue weighted by molar-refractivity contribution is -0.329. The van der Waals surface area contributed by atoms with Crippen molar-refractivity contribution in [2.45, 2.75) is 0 Å². The van der Waals surface area contributed by atoms with Gasteiger partial charge in [-0.25, -0.2) is 0 Å². The molecule has 0 radical (unpaired) electrons. The van der Waals surface area contributed by atoms with Crippen LogP contribution >= 0.6 is 0 Å². The van der Waals surface area contributed by atoms with Crippen molar-refractivity contribution in [2.24, 2.45) is 0 Å². The first-order valence-electron chi connectivity index (χ1n) is 2.48. The Hall–Kier alpha value is -1.03. The monoisotopic (exact) mass is 131 g/mol. The Bertz CT molecular complexity index is 133. The van der Waals surface area contributed by atoms with E-state index in [1.54, 1.807) is 7.05 Å². The predicted molar refractivity (Wildman–Crippen MR) is 32.3 cm³/mol. The van der Waals surface area contributed by atoms with E-state index in [4.69, 9.17) is 5.11 Å². The third kappa shape index (κ3) is 3.54. The van der Waals surface area contributed by atoms with E-state index >= 15 is 0 Å².